The van der Waals surface area contributed by atoms with E-state index in [9.17, 15) is 14.4 Å². The van der Waals surface area contributed by atoms with Gasteiger partial charge in [-0.25, -0.2) is 0 Å². The number of esters is 3. The van der Waals surface area contributed by atoms with Crippen LogP contribution in [0.15, 0.2) is 48.6 Å². The van der Waals surface area contributed by atoms with Gasteiger partial charge >= 0.3 is 17.9 Å². The first-order chi connectivity index (χ1) is 31.5. The molecule has 0 bridgehead atoms. The van der Waals surface area contributed by atoms with Crippen molar-refractivity contribution in [3.8, 4) is 0 Å². The van der Waals surface area contributed by atoms with Gasteiger partial charge in [0.15, 0.2) is 6.10 Å². The molecule has 64 heavy (non-hydrogen) atoms. The number of hydrogen-bond acceptors (Lipinski definition) is 6. The molecule has 6 heteroatoms. The molecule has 0 aromatic carbocycles. The van der Waals surface area contributed by atoms with Gasteiger partial charge in [0.1, 0.15) is 13.2 Å². The number of carbonyl (C=O) groups is 3. The molecule has 0 saturated carbocycles. The molecule has 0 N–H and O–H groups in total. The normalized spacial score (nSPS) is 12.4. The number of unbranched alkanes of at least 4 members (excludes halogenated alkanes) is 31. The highest BCUT2D eigenvalue weighted by atomic mass is 16.6. The molecule has 0 heterocycles. The zero-order chi connectivity index (χ0) is 46.5. The molecule has 0 spiro atoms. The van der Waals surface area contributed by atoms with Gasteiger partial charge < -0.3 is 14.2 Å². The number of hydrogen-bond donors (Lipinski definition) is 0. The molecule has 0 amide bonds. The summed E-state index contributed by atoms with van der Waals surface area (Å²) in [6.07, 6.45) is 63.8. The summed E-state index contributed by atoms with van der Waals surface area (Å²) in [5.74, 6) is -0.900. The molecule has 1 unspecified atom stereocenters. The van der Waals surface area contributed by atoms with E-state index in [2.05, 4.69) is 69.4 Å². The Balaban J connectivity index is 4.39. The Morgan fingerprint density at radius 3 is 0.891 bits per heavy atom. The summed E-state index contributed by atoms with van der Waals surface area (Å²) in [6, 6.07) is 0. The number of ether oxygens (including phenoxy) is 3. The SMILES string of the molecule is CCCCCC/C=C\C/C=C\CCCCCCCC(=O)OC(COC(=O)CCCCCCC/C=C\CCCCCC)COC(=O)CCCCCCCCC/C=C\CCCCCCCC. The van der Waals surface area contributed by atoms with Gasteiger partial charge in [0.05, 0.1) is 0 Å². The Bertz CT molecular complexity index is 1120. The molecule has 0 rings (SSSR count). The summed E-state index contributed by atoms with van der Waals surface area (Å²) in [7, 11) is 0. The summed E-state index contributed by atoms with van der Waals surface area (Å²) in [6.45, 7) is 6.60. The summed E-state index contributed by atoms with van der Waals surface area (Å²) in [4.78, 5) is 38.1. The average molecular weight is 897 g/mol. The van der Waals surface area contributed by atoms with E-state index >= 15 is 0 Å². The lowest BCUT2D eigenvalue weighted by molar-refractivity contribution is -0.167. The molecule has 0 aliphatic carbocycles. The molecule has 0 aromatic heterocycles. The highest BCUT2D eigenvalue weighted by Crippen LogP contribution is 2.15. The monoisotopic (exact) mass is 897 g/mol. The maximum absolute atomic E-state index is 12.8. The van der Waals surface area contributed by atoms with Crippen LogP contribution in [0.5, 0.6) is 0 Å². The Hall–Kier alpha value is -2.63. The van der Waals surface area contributed by atoms with Crippen LogP contribution in [-0.2, 0) is 28.6 Å². The van der Waals surface area contributed by atoms with Crippen molar-refractivity contribution >= 4 is 17.9 Å². The van der Waals surface area contributed by atoms with Gasteiger partial charge in [-0.2, -0.15) is 0 Å². The first kappa shape index (κ1) is 61.4. The van der Waals surface area contributed by atoms with E-state index in [1.165, 1.54) is 154 Å². The molecule has 0 aliphatic heterocycles. The maximum atomic E-state index is 12.8. The quantitative estimate of drug-likeness (QED) is 0.0262. The van der Waals surface area contributed by atoms with Crippen LogP contribution in [0, 0.1) is 0 Å². The van der Waals surface area contributed by atoms with E-state index in [4.69, 9.17) is 14.2 Å². The number of rotatable bonds is 50. The fraction of sp³-hybridized carbons (Fsp3) is 0.810. The number of carbonyl (C=O) groups excluding carboxylic acids is 3. The molecule has 1 atom stereocenters. The van der Waals surface area contributed by atoms with Gasteiger partial charge in [-0.05, 0) is 103 Å². The standard InChI is InChI=1S/C58H104O6/c1-4-7-10-13-16-19-22-25-27-29-31-33-36-39-42-45-48-51-57(60)63-54-55(53-62-56(59)50-47-44-41-38-35-32-24-21-18-15-12-9-6-3)64-58(61)52-49-46-43-40-37-34-30-28-26-23-20-17-14-11-8-5-2/h20-21,23-25,27-28,30,55H,4-19,22,26,29,31-54H2,1-3H3/b23-20-,24-21-,27-25-,30-28-. The van der Waals surface area contributed by atoms with Gasteiger partial charge in [-0.15, -0.1) is 0 Å². The lowest BCUT2D eigenvalue weighted by Gasteiger charge is -2.18. The second kappa shape index (κ2) is 53.0. The fourth-order valence-electron chi connectivity index (χ4n) is 7.81. The molecule has 0 radical (unpaired) electrons. The lowest BCUT2D eigenvalue weighted by atomic mass is 10.1. The van der Waals surface area contributed by atoms with Crippen molar-refractivity contribution < 1.29 is 28.6 Å². The van der Waals surface area contributed by atoms with E-state index in [1.54, 1.807) is 0 Å². The molecule has 0 aromatic rings. The van der Waals surface area contributed by atoms with Crippen molar-refractivity contribution in [2.45, 2.75) is 290 Å². The minimum Gasteiger partial charge on any atom is -0.462 e. The van der Waals surface area contributed by atoms with Crippen molar-refractivity contribution in [1.29, 1.82) is 0 Å². The molecule has 0 aliphatic rings. The van der Waals surface area contributed by atoms with Crippen LogP contribution >= 0.6 is 0 Å². The predicted molar refractivity (Wildman–Crippen MR) is 275 cm³/mol. The first-order valence-electron chi connectivity index (χ1n) is 27.6. The second-order valence-electron chi connectivity index (χ2n) is 18.5. The van der Waals surface area contributed by atoms with Gasteiger partial charge in [0.25, 0.3) is 0 Å². The van der Waals surface area contributed by atoms with E-state index < -0.39 is 6.10 Å². The van der Waals surface area contributed by atoms with E-state index in [-0.39, 0.29) is 31.1 Å². The molecule has 6 nitrogen and oxygen atoms in total. The molecular formula is C58H104O6. The van der Waals surface area contributed by atoms with Crippen LogP contribution in [0.1, 0.15) is 284 Å². The van der Waals surface area contributed by atoms with Crippen molar-refractivity contribution in [2.75, 3.05) is 13.2 Å². The largest absolute Gasteiger partial charge is 0.462 e. The van der Waals surface area contributed by atoms with Crippen molar-refractivity contribution in [1.82, 2.24) is 0 Å². The third-order valence-corrected chi connectivity index (χ3v) is 12.0. The smallest absolute Gasteiger partial charge is 0.306 e. The Kier molecular flexibility index (Phi) is 50.8. The summed E-state index contributed by atoms with van der Waals surface area (Å²) < 4.78 is 16.8. The van der Waals surface area contributed by atoms with Crippen LogP contribution in [0.25, 0.3) is 0 Å². The third kappa shape index (κ3) is 50.4. The molecule has 0 saturated heterocycles. The van der Waals surface area contributed by atoms with Crippen LogP contribution in [0.2, 0.25) is 0 Å². The van der Waals surface area contributed by atoms with Gasteiger partial charge in [-0.1, -0.05) is 211 Å². The summed E-state index contributed by atoms with van der Waals surface area (Å²) >= 11 is 0. The van der Waals surface area contributed by atoms with E-state index in [0.717, 1.165) is 89.9 Å². The fourth-order valence-corrected chi connectivity index (χ4v) is 7.81. The Labute approximate surface area is 397 Å². The second-order valence-corrected chi connectivity index (χ2v) is 18.5. The Morgan fingerprint density at radius 1 is 0.312 bits per heavy atom. The third-order valence-electron chi connectivity index (χ3n) is 12.0. The lowest BCUT2D eigenvalue weighted by Crippen LogP contribution is -2.30. The van der Waals surface area contributed by atoms with Crippen LogP contribution in [0.3, 0.4) is 0 Å². The minimum atomic E-state index is -0.784. The minimum absolute atomic E-state index is 0.0826. The highest BCUT2D eigenvalue weighted by Gasteiger charge is 2.19. The van der Waals surface area contributed by atoms with Crippen molar-refractivity contribution in [3.05, 3.63) is 48.6 Å². The average Bonchev–Trinajstić information content (AvgIpc) is 3.29. The molecular weight excluding hydrogens is 793 g/mol. The van der Waals surface area contributed by atoms with Crippen LogP contribution in [-0.4, -0.2) is 37.2 Å². The van der Waals surface area contributed by atoms with Gasteiger partial charge in [0.2, 0.25) is 0 Å². The van der Waals surface area contributed by atoms with Crippen molar-refractivity contribution in [3.63, 3.8) is 0 Å². The van der Waals surface area contributed by atoms with Gasteiger partial charge in [-0.3, -0.25) is 14.4 Å². The molecule has 0 fully saturated rings. The van der Waals surface area contributed by atoms with Crippen LogP contribution in [0.4, 0.5) is 0 Å². The van der Waals surface area contributed by atoms with E-state index in [1.807, 2.05) is 0 Å². The van der Waals surface area contributed by atoms with Crippen molar-refractivity contribution in [2.24, 2.45) is 0 Å². The summed E-state index contributed by atoms with van der Waals surface area (Å²) in [5.41, 5.74) is 0. The summed E-state index contributed by atoms with van der Waals surface area (Å²) in [5, 5.41) is 0. The zero-order valence-electron chi connectivity index (χ0n) is 42.6. The first-order valence-corrected chi connectivity index (χ1v) is 27.6. The predicted octanol–water partition coefficient (Wildman–Crippen LogP) is 18.3. The molecule has 372 valence electrons. The van der Waals surface area contributed by atoms with Crippen LogP contribution < -0.4 is 0 Å². The maximum Gasteiger partial charge on any atom is 0.306 e. The number of allylic oxidation sites excluding steroid dienone is 8. The topological polar surface area (TPSA) is 78.9 Å². The highest BCUT2D eigenvalue weighted by molar-refractivity contribution is 5.71. The van der Waals surface area contributed by atoms with Gasteiger partial charge in [0, 0.05) is 19.3 Å². The van der Waals surface area contributed by atoms with E-state index in [0.29, 0.717) is 19.3 Å². The Morgan fingerprint density at radius 2 is 0.562 bits per heavy atom. The zero-order valence-corrected chi connectivity index (χ0v) is 42.6.